The average molecular weight is 345 g/mol. The van der Waals surface area contributed by atoms with E-state index in [1.807, 2.05) is 6.07 Å². The van der Waals surface area contributed by atoms with Crippen molar-refractivity contribution in [3.8, 4) is 11.5 Å². The van der Waals surface area contributed by atoms with E-state index in [1.54, 1.807) is 7.11 Å². The second kappa shape index (κ2) is 4.49. The highest BCUT2D eigenvalue weighted by Gasteiger charge is 2.76. The maximum atomic E-state index is 11.9. The van der Waals surface area contributed by atoms with Crippen LogP contribution in [0.1, 0.15) is 30.4 Å². The second-order valence-corrected chi connectivity index (χ2v) is 7.99. The first-order valence-electron chi connectivity index (χ1n) is 9.25. The predicted molar refractivity (Wildman–Crippen MR) is 88.0 cm³/mol. The van der Waals surface area contributed by atoms with Gasteiger partial charge in [0.25, 0.3) is 0 Å². The van der Waals surface area contributed by atoms with Gasteiger partial charge in [-0.3, -0.25) is 0 Å². The molecule has 25 heavy (non-hydrogen) atoms. The molecule has 2 bridgehead atoms. The van der Waals surface area contributed by atoms with E-state index in [0.29, 0.717) is 26.1 Å². The van der Waals surface area contributed by atoms with Crippen LogP contribution >= 0.6 is 0 Å². The molecule has 2 spiro atoms. The van der Waals surface area contributed by atoms with Crippen molar-refractivity contribution in [2.24, 2.45) is 0 Å². The van der Waals surface area contributed by atoms with Crippen molar-refractivity contribution in [3.05, 3.63) is 23.3 Å². The van der Waals surface area contributed by atoms with Crippen molar-refractivity contribution in [3.63, 3.8) is 0 Å². The molecule has 3 heterocycles. The number of aliphatic hydroxyl groups is 1. The third kappa shape index (κ3) is 1.45. The summed E-state index contributed by atoms with van der Waals surface area (Å²) in [5.74, 6) is 0.756. The lowest BCUT2D eigenvalue weighted by Crippen LogP contribution is -2.79. The summed E-state index contributed by atoms with van der Waals surface area (Å²) in [7, 11) is 1.67. The molecule has 0 amide bonds. The van der Waals surface area contributed by atoms with Crippen LogP contribution in [-0.4, -0.2) is 55.5 Å². The summed E-state index contributed by atoms with van der Waals surface area (Å²) >= 11 is 0. The van der Waals surface area contributed by atoms with Crippen molar-refractivity contribution >= 4 is 0 Å². The third-order valence-corrected chi connectivity index (χ3v) is 7.27. The van der Waals surface area contributed by atoms with Gasteiger partial charge in [-0.15, -0.1) is 0 Å². The third-order valence-electron chi connectivity index (χ3n) is 7.27. The Balaban J connectivity index is 1.66. The van der Waals surface area contributed by atoms with Gasteiger partial charge in [-0.1, -0.05) is 6.07 Å². The van der Waals surface area contributed by atoms with Gasteiger partial charge in [0.2, 0.25) is 5.79 Å². The average Bonchev–Trinajstić information content (AvgIpc) is 3.20. The van der Waals surface area contributed by atoms with E-state index in [-0.39, 0.29) is 12.1 Å². The molecule has 134 valence electrons. The maximum absolute atomic E-state index is 11.9. The SMILES string of the molecule is COc1ccc2c3c1O[C@H]1C4(CC[C@@]5(O)[C@@H](C2)NCCC315)OCCO4. The molecule has 6 nitrogen and oxygen atoms in total. The Hall–Kier alpha value is -1.34. The summed E-state index contributed by atoms with van der Waals surface area (Å²) in [6, 6.07) is 4.14. The molecule has 2 N–H and O–H groups in total. The highest BCUT2D eigenvalue weighted by molar-refractivity contribution is 5.63. The van der Waals surface area contributed by atoms with Gasteiger partial charge in [0.1, 0.15) is 0 Å². The van der Waals surface area contributed by atoms with Gasteiger partial charge in [0.15, 0.2) is 17.6 Å². The van der Waals surface area contributed by atoms with Crippen LogP contribution in [0.25, 0.3) is 0 Å². The molecule has 6 rings (SSSR count). The van der Waals surface area contributed by atoms with E-state index >= 15 is 0 Å². The second-order valence-electron chi connectivity index (χ2n) is 7.99. The molecule has 2 aliphatic carbocycles. The topological polar surface area (TPSA) is 69.2 Å². The Morgan fingerprint density at radius 2 is 2.04 bits per heavy atom. The summed E-state index contributed by atoms with van der Waals surface area (Å²) < 4.78 is 24.4. The monoisotopic (exact) mass is 345 g/mol. The lowest BCUT2D eigenvalue weighted by molar-refractivity contribution is -0.287. The van der Waals surface area contributed by atoms with Crippen molar-refractivity contribution in [2.75, 3.05) is 26.9 Å². The molecule has 1 saturated carbocycles. The predicted octanol–water partition coefficient (Wildman–Crippen LogP) is 0.880. The molecular weight excluding hydrogens is 322 g/mol. The van der Waals surface area contributed by atoms with Crippen molar-refractivity contribution in [1.29, 1.82) is 0 Å². The molecule has 1 aromatic carbocycles. The molecule has 1 aromatic rings. The minimum absolute atomic E-state index is 0.0398. The number of benzene rings is 1. The molecule has 6 heteroatoms. The molecule has 5 aliphatic rings. The van der Waals surface area contributed by atoms with Gasteiger partial charge >= 0.3 is 0 Å². The molecular formula is C19H23NO5. The van der Waals surface area contributed by atoms with Crippen LogP contribution in [-0.2, 0) is 21.3 Å². The van der Waals surface area contributed by atoms with E-state index in [9.17, 15) is 5.11 Å². The van der Waals surface area contributed by atoms with E-state index in [2.05, 4.69) is 11.4 Å². The zero-order chi connectivity index (χ0) is 16.9. The van der Waals surface area contributed by atoms with Gasteiger partial charge in [-0.2, -0.15) is 0 Å². The van der Waals surface area contributed by atoms with Crippen LogP contribution in [0.2, 0.25) is 0 Å². The standard InChI is InChI=1S/C19H23NO5/c1-22-12-3-2-11-10-13-18(21)4-5-19(23-8-9-24-19)16-17(18,6-7-20-13)14(11)15(12)25-16/h2-3,13,16,20-21H,4-10H2,1H3/t13-,16-,17?,18-/m1/s1. The minimum atomic E-state index is -0.846. The Morgan fingerprint density at radius 3 is 2.84 bits per heavy atom. The van der Waals surface area contributed by atoms with Crippen LogP contribution in [0.5, 0.6) is 11.5 Å². The largest absolute Gasteiger partial charge is 0.493 e. The number of ether oxygens (including phenoxy) is 4. The Kier molecular flexibility index (Phi) is 2.66. The smallest absolute Gasteiger partial charge is 0.207 e. The number of piperidine rings is 1. The molecule has 3 fully saturated rings. The summed E-state index contributed by atoms with van der Waals surface area (Å²) in [5.41, 5.74) is 1.04. The van der Waals surface area contributed by atoms with Crippen molar-refractivity contribution in [2.45, 2.75) is 54.6 Å². The van der Waals surface area contributed by atoms with Crippen molar-refractivity contribution in [1.82, 2.24) is 5.32 Å². The van der Waals surface area contributed by atoms with Gasteiger partial charge < -0.3 is 29.4 Å². The highest BCUT2D eigenvalue weighted by atomic mass is 16.8. The summed E-state index contributed by atoms with van der Waals surface area (Å²) in [6.45, 7) is 2.02. The summed E-state index contributed by atoms with van der Waals surface area (Å²) in [6.07, 6.45) is 2.60. The number of rotatable bonds is 1. The van der Waals surface area contributed by atoms with E-state index in [4.69, 9.17) is 18.9 Å². The van der Waals surface area contributed by atoms with Crippen LogP contribution in [0.4, 0.5) is 0 Å². The first-order chi connectivity index (χ1) is 12.1. The van der Waals surface area contributed by atoms with Crippen LogP contribution in [0.3, 0.4) is 0 Å². The molecule has 0 radical (unpaired) electrons. The van der Waals surface area contributed by atoms with Crippen LogP contribution in [0.15, 0.2) is 12.1 Å². The number of methoxy groups -OCH3 is 1. The van der Waals surface area contributed by atoms with Crippen molar-refractivity contribution < 1.29 is 24.1 Å². The van der Waals surface area contributed by atoms with E-state index in [0.717, 1.165) is 36.4 Å². The Labute approximate surface area is 146 Å². The number of hydrogen-bond acceptors (Lipinski definition) is 6. The molecule has 4 atom stereocenters. The fourth-order valence-corrected chi connectivity index (χ4v) is 6.32. The zero-order valence-electron chi connectivity index (χ0n) is 14.3. The molecule has 0 aromatic heterocycles. The Bertz CT molecular complexity index is 760. The summed E-state index contributed by atoms with van der Waals surface area (Å²) in [5, 5.41) is 15.5. The lowest BCUT2D eigenvalue weighted by atomic mass is 9.48. The lowest BCUT2D eigenvalue weighted by Gasteiger charge is -2.62. The van der Waals surface area contributed by atoms with E-state index in [1.165, 1.54) is 5.56 Å². The van der Waals surface area contributed by atoms with Gasteiger partial charge in [-0.05, 0) is 37.4 Å². The fraction of sp³-hybridized carbons (Fsp3) is 0.684. The van der Waals surface area contributed by atoms with Crippen LogP contribution in [0, 0.1) is 0 Å². The number of fused-ring (bicyclic) bond motifs is 1. The van der Waals surface area contributed by atoms with Gasteiger partial charge in [0, 0.05) is 18.0 Å². The van der Waals surface area contributed by atoms with Crippen LogP contribution < -0.4 is 14.8 Å². The minimum Gasteiger partial charge on any atom is -0.493 e. The first-order valence-corrected chi connectivity index (χ1v) is 9.25. The highest BCUT2D eigenvalue weighted by Crippen LogP contribution is 2.66. The summed E-state index contributed by atoms with van der Waals surface area (Å²) in [4.78, 5) is 0. The zero-order valence-corrected chi connectivity index (χ0v) is 14.3. The molecule has 1 unspecified atom stereocenters. The normalized spacial score (nSPS) is 42.2. The number of nitrogens with one attached hydrogen (secondary N) is 1. The maximum Gasteiger partial charge on any atom is 0.207 e. The van der Waals surface area contributed by atoms with E-state index < -0.39 is 16.8 Å². The first kappa shape index (κ1) is 14.8. The molecule has 3 aliphatic heterocycles. The quantitative estimate of drug-likeness (QED) is 0.788. The van der Waals surface area contributed by atoms with Gasteiger partial charge in [-0.25, -0.2) is 0 Å². The number of hydrogen-bond donors (Lipinski definition) is 2. The molecule has 2 saturated heterocycles. The fourth-order valence-electron chi connectivity index (χ4n) is 6.32. The Morgan fingerprint density at radius 1 is 1.20 bits per heavy atom. The van der Waals surface area contributed by atoms with Gasteiger partial charge in [0.05, 0.1) is 31.3 Å².